The van der Waals surface area contributed by atoms with Gasteiger partial charge >= 0.3 is 0 Å². The van der Waals surface area contributed by atoms with Gasteiger partial charge in [0.05, 0.1) is 11.4 Å². The average molecular weight is 227 g/mol. The first-order valence-electron chi connectivity index (χ1n) is 4.03. The van der Waals surface area contributed by atoms with Gasteiger partial charge in [-0.25, -0.2) is 0 Å². The number of halogens is 1. The first-order chi connectivity index (χ1) is 5.68. The highest BCUT2D eigenvalue weighted by Crippen LogP contribution is 2.45. The molecule has 64 valence electrons. The van der Waals surface area contributed by atoms with E-state index >= 15 is 0 Å². The summed E-state index contributed by atoms with van der Waals surface area (Å²) in [5, 5.41) is 0. The maximum Gasteiger partial charge on any atom is 0.0583 e. The number of nitrogens with two attached hydrogens (primary N) is 2. The second-order valence-electron chi connectivity index (χ2n) is 3.27. The molecule has 0 atom stereocenters. The van der Waals surface area contributed by atoms with Crippen LogP contribution in [-0.4, -0.2) is 0 Å². The van der Waals surface area contributed by atoms with E-state index in [-0.39, 0.29) is 0 Å². The summed E-state index contributed by atoms with van der Waals surface area (Å²) in [5.74, 6) is 0.657. The van der Waals surface area contributed by atoms with Crippen molar-refractivity contribution in [2.75, 3.05) is 11.5 Å². The number of benzene rings is 1. The van der Waals surface area contributed by atoms with Gasteiger partial charge in [-0.2, -0.15) is 0 Å². The molecule has 1 aliphatic carbocycles. The summed E-state index contributed by atoms with van der Waals surface area (Å²) in [6, 6.07) is 3.92. The van der Waals surface area contributed by atoms with Crippen LogP contribution in [0.3, 0.4) is 0 Å². The Balaban J connectivity index is 2.51. The van der Waals surface area contributed by atoms with Crippen molar-refractivity contribution in [2.45, 2.75) is 18.8 Å². The lowest BCUT2D eigenvalue weighted by molar-refractivity contribution is 1.13. The number of anilines is 2. The molecule has 0 bridgehead atoms. The van der Waals surface area contributed by atoms with Gasteiger partial charge < -0.3 is 11.5 Å². The van der Waals surface area contributed by atoms with Gasteiger partial charge in [0.25, 0.3) is 0 Å². The van der Waals surface area contributed by atoms with Crippen molar-refractivity contribution in [1.82, 2.24) is 0 Å². The van der Waals surface area contributed by atoms with E-state index in [1.807, 2.05) is 6.07 Å². The SMILES string of the molecule is Nc1cc(Br)cc(C2CC2)c1N. The fourth-order valence-corrected chi connectivity index (χ4v) is 1.89. The molecule has 1 fully saturated rings. The maximum atomic E-state index is 5.85. The third-order valence-electron chi connectivity index (χ3n) is 2.23. The predicted octanol–water partition coefficient (Wildman–Crippen LogP) is 2.49. The third kappa shape index (κ3) is 1.29. The van der Waals surface area contributed by atoms with Gasteiger partial charge in [-0.05, 0) is 36.5 Å². The zero-order valence-electron chi connectivity index (χ0n) is 6.68. The molecule has 0 aliphatic heterocycles. The van der Waals surface area contributed by atoms with Gasteiger partial charge in [0, 0.05) is 4.47 Å². The van der Waals surface area contributed by atoms with E-state index in [1.54, 1.807) is 0 Å². The lowest BCUT2D eigenvalue weighted by Gasteiger charge is -2.07. The monoisotopic (exact) mass is 226 g/mol. The number of hydrogen-bond acceptors (Lipinski definition) is 2. The van der Waals surface area contributed by atoms with Crippen molar-refractivity contribution in [1.29, 1.82) is 0 Å². The predicted molar refractivity (Wildman–Crippen MR) is 54.9 cm³/mol. The van der Waals surface area contributed by atoms with E-state index < -0.39 is 0 Å². The molecule has 0 amide bonds. The summed E-state index contributed by atoms with van der Waals surface area (Å²) in [7, 11) is 0. The Morgan fingerprint density at radius 2 is 1.92 bits per heavy atom. The second-order valence-corrected chi connectivity index (χ2v) is 4.19. The minimum Gasteiger partial charge on any atom is -0.397 e. The first kappa shape index (κ1) is 7.92. The van der Waals surface area contributed by atoms with Crippen LogP contribution in [0.1, 0.15) is 24.3 Å². The van der Waals surface area contributed by atoms with Crippen molar-refractivity contribution in [3.63, 3.8) is 0 Å². The molecular formula is C9H11BrN2. The summed E-state index contributed by atoms with van der Waals surface area (Å²) < 4.78 is 1.02. The van der Waals surface area contributed by atoms with Gasteiger partial charge in [0.2, 0.25) is 0 Å². The van der Waals surface area contributed by atoms with Crippen LogP contribution in [0.4, 0.5) is 11.4 Å². The summed E-state index contributed by atoms with van der Waals surface area (Å²) in [6.07, 6.45) is 2.50. The molecule has 1 aromatic rings. The van der Waals surface area contributed by atoms with Crippen LogP contribution in [0.15, 0.2) is 16.6 Å². The lowest BCUT2D eigenvalue weighted by Crippen LogP contribution is -1.98. The Bertz CT molecular complexity index is 319. The molecule has 2 nitrogen and oxygen atoms in total. The number of nitrogen functional groups attached to an aromatic ring is 2. The van der Waals surface area contributed by atoms with Gasteiger partial charge in [-0.1, -0.05) is 15.9 Å². The highest BCUT2D eigenvalue weighted by molar-refractivity contribution is 9.10. The van der Waals surface area contributed by atoms with Gasteiger partial charge in [0.1, 0.15) is 0 Å². The summed E-state index contributed by atoms with van der Waals surface area (Å²) in [6.45, 7) is 0. The topological polar surface area (TPSA) is 52.0 Å². The summed E-state index contributed by atoms with van der Waals surface area (Å²) in [5.41, 5.74) is 14.2. The van der Waals surface area contributed by atoms with Crippen molar-refractivity contribution in [2.24, 2.45) is 0 Å². The minimum absolute atomic E-state index is 0.657. The van der Waals surface area contributed by atoms with Crippen LogP contribution >= 0.6 is 15.9 Å². The van der Waals surface area contributed by atoms with Gasteiger partial charge in [-0.3, -0.25) is 0 Å². The normalized spacial score (nSPS) is 16.4. The Kier molecular flexibility index (Phi) is 1.76. The molecular weight excluding hydrogens is 216 g/mol. The molecule has 0 radical (unpaired) electrons. The highest BCUT2D eigenvalue weighted by atomic mass is 79.9. The summed E-state index contributed by atoms with van der Waals surface area (Å²) >= 11 is 3.41. The van der Waals surface area contributed by atoms with Crippen LogP contribution < -0.4 is 11.5 Å². The molecule has 0 unspecified atom stereocenters. The Morgan fingerprint density at radius 3 is 2.50 bits per heavy atom. The smallest absolute Gasteiger partial charge is 0.0583 e. The first-order valence-corrected chi connectivity index (χ1v) is 4.82. The summed E-state index contributed by atoms with van der Waals surface area (Å²) in [4.78, 5) is 0. The van der Waals surface area contributed by atoms with Crippen molar-refractivity contribution in [3.8, 4) is 0 Å². The molecule has 0 spiro atoms. The van der Waals surface area contributed by atoms with E-state index in [1.165, 1.54) is 18.4 Å². The fraction of sp³-hybridized carbons (Fsp3) is 0.333. The number of hydrogen-bond donors (Lipinski definition) is 2. The molecule has 0 heterocycles. The van der Waals surface area contributed by atoms with Crippen LogP contribution in [0, 0.1) is 0 Å². The Labute approximate surface area is 80.1 Å². The molecule has 0 aromatic heterocycles. The Hall–Kier alpha value is -0.700. The van der Waals surface area contributed by atoms with Crippen molar-refractivity contribution in [3.05, 3.63) is 22.2 Å². The lowest BCUT2D eigenvalue weighted by atomic mass is 10.1. The van der Waals surface area contributed by atoms with Crippen LogP contribution in [-0.2, 0) is 0 Å². The van der Waals surface area contributed by atoms with Crippen LogP contribution in [0.2, 0.25) is 0 Å². The van der Waals surface area contributed by atoms with Gasteiger partial charge in [-0.15, -0.1) is 0 Å². The van der Waals surface area contributed by atoms with E-state index in [9.17, 15) is 0 Å². The molecule has 1 aromatic carbocycles. The second kappa shape index (κ2) is 2.66. The van der Waals surface area contributed by atoms with E-state index in [4.69, 9.17) is 11.5 Å². The molecule has 12 heavy (non-hydrogen) atoms. The quantitative estimate of drug-likeness (QED) is 0.724. The molecule has 1 saturated carbocycles. The molecule has 4 N–H and O–H groups in total. The zero-order valence-corrected chi connectivity index (χ0v) is 8.26. The maximum absolute atomic E-state index is 5.85. The standard InChI is InChI=1S/C9H11BrN2/c10-6-3-7(5-1-2-5)9(12)8(11)4-6/h3-5H,1-2,11-12H2. The van der Waals surface area contributed by atoms with Crippen molar-refractivity contribution >= 4 is 27.3 Å². The average Bonchev–Trinajstić information content (AvgIpc) is 2.79. The third-order valence-corrected chi connectivity index (χ3v) is 2.68. The highest BCUT2D eigenvalue weighted by Gasteiger charge is 2.26. The van der Waals surface area contributed by atoms with Crippen molar-refractivity contribution < 1.29 is 0 Å². The van der Waals surface area contributed by atoms with E-state index in [0.29, 0.717) is 11.6 Å². The van der Waals surface area contributed by atoms with Gasteiger partial charge in [0.15, 0.2) is 0 Å². The molecule has 1 aliphatic rings. The zero-order chi connectivity index (χ0) is 8.72. The number of rotatable bonds is 1. The van der Waals surface area contributed by atoms with Crippen LogP contribution in [0.5, 0.6) is 0 Å². The van der Waals surface area contributed by atoms with Crippen LogP contribution in [0.25, 0.3) is 0 Å². The Morgan fingerprint density at radius 1 is 1.25 bits per heavy atom. The largest absolute Gasteiger partial charge is 0.397 e. The minimum atomic E-state index is 0.657. The molecule has 3 heteroatoms. The fourth-order valence-electron chi connectivity index (χ4n) is 1.39. The van der Waals surface area contributed by atoms with E-state index in [0.717, 1.165) is 10.2 Å². The molecule has 2 rings (SSSR count). The molecule has 0 saturated heterocycles. The van der Waals surface area contributed by atoms with E-state index in [2.05, 4.69) is 22.0 Å².